The van der Waals surface area contributed by atoms with Gasteiger partial charge in [-0.25, -0.2) is 0 Å². The third-order valence-corrected chi connectivity index (χ3v) is 5.66. The Bertz CT molecular complexity index is 924. The standard InChI is InChI=1S/C22H22N2O3/c25-18-8-6-17(7-9-18)20-19(16-4-2-1-3-5-16)21(27-23-20)22(10-11-22)24-12-14-26-15-13-24/h1-9,25H,10-15H2. The van der Waals surface area contributed by atoms with Crippen molar-refractivity contribution < 1.29 is 14.4 Å². The fourth-order valence-corrected chi connectivity index (χ4v) is 4.09. The van der Waals surface area contributed by atoms with Gasteiger partial charge in [0, 0.05) is 18.7 Å². The maximum Gasteiger partial charge on any atom is 0.165 e. The molecule has 0 spiro atoms. The molecule has 1 aromatic heterocycles. The molecule has 0 atom stereocenters. The van der Waals surface area contributed by atoms with E-state index in [1.807, 2.05) is 30.3 Å². The van der Waals surface area contributed by atoms with Gasteiger partial charge in [-0.1, -0.05) is 35.5 Å². The Hall–Kier alpha value is -2.63. The number of aromatic hydroxyl groups is 1. The zero-order chi connectivity index (χ0) is 18.3. The fourth-order valence-electron chi connectivity index (χ4n) is 4.09. The van der Waals surface area contributed by atoms with Gasteiger partial charge in [0.25, 0.3) is 0 Å². The van der Waals surface area contributed by atoms with E-state index in [0.29, 0.717) is 0 Å². The molecule has 5 nitrogen and oxygen atoms in total. The van der Waals surface area contributed by atoms with Crippen LogP contribution >= 0.6 is 0 Å². The van der Waals surface area contributed by atoms with E-state index < -0.39 is 0 Å². The lowest BCUT2D eigenvalue weighted by atomic mass is 9.95. The highest BCUT2D eigenvalue weighted by molar-refractivity contribution is 5.83. The summed E-state index contributed by atoms with van der Waals surface area (Å²) in [4.78, 5) is 2.49. The largest absolute Gasteiger partial charge is 0.508 e. The molecule has 2 aromatic carbocycles. The molecular formula is C22H22N2O3. The Morgan fingerprint density at radius 2 is 1.59 bits per heavy atom. The zero-order valence-electron chi connectivity index (χ0n) is 15.1. The lowest BCUT2D eigenvalue weighted by Gasteiger charge is -2.33. The number of benzene rings is 2. The smallest absolute Gasteiger partial charge is 0.165 e. The number of phenolic OH excluding ortho intramolecular Hbond substituents is 1. The van der Waals surface area contributed by atoms with Crippen LogP contribution in [-0.4, -0.2) is 41.5 Å². The highest BCUT2D eigenvalue weighted by atomic mass is 16.5. The average Bonchev–Trinajstić information content (AvgIpc) is 3.42. The highest BCUT2D eigenvalue weighted by Crippen LogP contribution is 2.55. The molecule has 5 heteroatoms. The summed E-state index contributed by atoms with van der Waals surface area (Å²) in [7, 11) is 0. The Kier molecular flexibility index (Phi) is 3.99. The molecule has 5 rings (SSSR count). The van der Waals surface area contributed by atoms with E-state index in [1.54, 1.807) is 12.1 Å². The molecule has 27 heavy (non-hydrogen) atoms. The van der Waals surface area contributed by atoms with Crippen LogP contribution in [0.1, 0.15) is 18.6 Å². The van der Waals surface area contributed by atoms with Gasteiger partial charge in [-0.15, -0.1) is 0 Å². The lowest BCUT2D eigenvalue weighted by Crippen LogP contribution is -2.43. The first-order chi connectivity index (χ1) is 13.3. The molecule has 1 saturated carbocycles. The van der Waals surface area contributed by atoms with Crippen molar-refractivity contribution >= 4 is 0 Å². The maximum absolute atomic E-state index is 9.64. The molecule has 138 valence electrons. The number of ether oxygens (including phenoxy) is 1. The molecule has 2 aliphatic rings. The van der Waals surface area contributed by atoms with Crippen LogP contribution in [-0.2, 0) is 10.3 Å². The molecule has 2 fully saturated rings. The number of nitrogens with zero attached hydrogens (tertiary/aromatic N) is 2. The van der Waals surface area contributed by atoms with Gasteiger partial charge in [-0.2, -0.15) is 0 Å². The normalized spacial score (nSPS) is 19.1. The van der Waals surface area contributed by atoms with Crippen LogP contribution in [0.2, 0.25) is 0 Å². The number of hydrogen-bond acceptors (Lipinski definition) is 5. The van der Waals surface area contributed by atoms with Gasteiger partial charge in [-0.05, 0) is 42.7 Å². The molecule has 1 aliphatic heterocycles. The number of aromatic nitrogens is 1. The van der Waals surface area contributed by atoms with Crippen LogP contribution in [0.5, 0.6) is 5.75 Å². The van der Waals surface area contributed by atoms with E-state index in [-0.39, 0.29) is 11.3 Å². The van der Waals surface area contributed by atoms with Crippen molar-refractivity contribution in [2.24, 2.45) is 0 Å². The minimum absolute atomic E-state index is 0.0723. The lowest BCUT2D eigenvalue weighted by molar-refractivity contribution is 0.00189. The summed E-state index contributed by atoms with van der Waals surface area (Å²) in [6, 6.07) is 17.5. The second-order valence-electron chi connectivity index (χ2n) is 7.28. The zero-order valence-corrected chi connectivity index (χ0v) is 15.1. The third-order valence-electron chi connectivity index (χ3n) is 5.66. The minimum Gasteiger partial charge on any atom is -0.508 e. The van der Waals surface area contributed by atoms with Crippen molar-refractivity contribution in [1.29, 1.82) is 0 Å². The summed E-state index contributed by atoms with van der Waals surface area (Å²) in [5, 5.41) is 14.1. The fraction of sp³-hybridized carbons (Fsp3) is 0.318. The molecule has 1 saturated heterocycles. The van der Waals surface area contributed by atoms with Gasteiger partial charge >= 0.3 is 0 Å². The van der Waals surface area contributed by atoms with Gasteiger partial charge in [0.2, 0.25) is 0 Å². The van der Waals surface area contributed by atoms with Crippen molar-refractivity contribution in [2.75, 3.05) is 26.3 Å². The second kappa shape index (κ2) is 6.51. The van der Waals surface area contributed by atoms with Crippen molar-refractivity contribution in [1.82, 2.24) is 10.1 Å². The van der Waals surface area contributed by atoms with E-state index in [0.717, 1.165) is 67.3 Å². The summed E-state index contributed by atoms with van der Waals surface area (Å²) in [6.45, 7) is 3.37. The first-order valence-corrected chi connectivity index (χ1v) is 9.46. The van der Waals surface area contributed by atoms with Gasteiger partial charge in [-0.3, -0.25) is 4.90 Å². The van der Waals surface area contributed by atoms with E-state index in [2.05, 4.69) is 22.2 Å². The van der Waals surface area contributed by atoms with Crippen LogP contribution in [0.15, 0.2) is 59.1 Å². The van der Waals surface area contributed by atoms with Crippen molar-refractivity contribution in [2.45, 2.75) is 18.4 Å². The van der Waals surface area contributed by atoms with Crippen molar-refractivity contribution in [3.05, 3.63) is 60.4 Å². The first kappa shape index (κ1) is 16.5. The summed E-state index contributed by atoms with van der Waals surface area (Å²) >= 11 is 0. The molecule has 0 unspecified atom stereocenters. The number of morpholine rings is 1. The van der Waals surface area contributed by atoms with Crippen molar-refractivity contribution in [3.63, 3.8) is 0 Å². The molecule has 1 N–H and O–H groups in total. The van der Waals surface area contributed by atoms with Gasteiger partial charge in [0.05, 0.1) is 24.3 Å². The summed E-state index contributed by atoms with van der Waals surface area (Å²) in [5.41, 5.74) is 3.87. The van der Waals surface area contributed by atoms with Gasteiger partial charge < -0.3 is 14.4 Å². The van der Waals surface area contributed by atoms with Crippen LogP contribution in [0, 0.1) is 0 Å². The number of rotatable bonds is 4. The predicted molar refractivity (Wildman–Crippen MR) is 102 cm³/mol. The van der Waals surface area contributed by atoms with Gasteiger partial charge in [0.1, 0.15) is 11.4 Å². The number of phenols is 1. The van der Waals surface area contributed by atoms with E-state index >= 15 is 0 Å². The Morgan fingerprint density at radius 3 is 2.26 bits per heavy atom. The topological polar surface area (TPSA) is 58.7 Å². The van der Waals surface area contributed by atoms with E-state index in [9.17, 15) is 5.11 Å². The van der Waals surface area contributed by atoms with Crippen LogP contribution < -0.4 is 0 Å². The summed E-state index contributed by atoms with van der Waals surface area (Å²) in [6.07, 6.45) is 2.16. The molecule has 2 heterocycles. The van der Waals surface area contributed by atoms with Crippen LogP contribution in [0.3, 0.4) is 0 Å². The van der Waals surface area contributed by atoms with Crippen LogP contribution in [0.25, 0.3) is 22.4 Å². The van der Waals surface area contributed by atoms with Crippen molar-refractivity contribution in [3.8, 4) is 28.1 Å². The SMILES string of the molecule is Oc1ccc(-c2noc(C3(N4CCOCC4)CC3)c2-c2ccccc2)cc1. The first-order valence-electron chi connectivity index (χ1n) is 9.46. The summed E-state index contributed by atoms with van der Waals surface area (Å²) < 4.78 is 11.6. The maximum atomic E-state index is 9.64. The molecular weight excluding hydrogens is 340 g/mol. The van der Waals surface area contributed by atoms with E-state index in [4.69, 9.17) is 9.26 Å². The Balaban J connectivity index is 1.65. The third kappa shape index (κ3) is 2.83. The number of hydrogen-bond donors (Lipinski definition) is 1. The summed E-state index contributed by atoms with van der Waals surface area (Å²) in [5.74, 6) is 1.20. The molecule has 0 radical (unpaired) electrons. The highest BCUT2D eigenvalue weighted by Gasteiger charge is 2.54. The predicted octanol–water partition coefficient (Wildman–Crippen LogP) is 4.04. The Labute approximate surface area is 158 Å². The quantitative estimate of drug-likeness (QED) is 0.759. The van der Waals surface area contributed by atoms with Gasteiger partial charge in [0.15, 0.2) is 5.76 Å². The molecule has 3 aromatic rings. The molecule has 0 amide bonds. The Morgan fingerprint density at radius 1 is 0.889 bits per heavy atom. The monoisotopic (exact) mass is 362 g/mol. The van der Waals surface area contributed by atoms with Crippen LogP contribution in [0.4, 0.5) is 0 Å². The second-order valence-corrected chi connectivity index (χ2v) is 7.28. The average molecular weight is 362 g/mol. The molecule has 1 aliphatic carbocycles. The molecule has 0 bridgehead atoms. The minimum atomic E-state index is -0.0723. The van der Waals surface area contributed by atoms with E-state index in [1.165, 1.54) is 0 Å².